The van der Waals surface area contributed by atoms with Crippen LogP contribution < -0.4 is 11.1 Å². The standard InChI is InChI=1S/C18H24N4O2/c1-3-15-5-7-16(8-6-15)14(2)21-18(24)17(11-20)12-22(13-23)10-4-9-19/h5-8,12-14H,3-4,9-10,19H2,1-2H3,(H,21,24)/b17-12-. The summed E-state index contributed by atoms with van der Waals surface area (Å²) in [7, 11) is 0. The molecule has 3 N–H and O–H groups in total. The van der Waals surface area contributed by atoms with E-state index in [4.69, 9.17) is 5.73 Å². The smallest absolute Gasteiger partial charge is 0.263 e. The van der Waals surface area contributed by atoms with Gasteiger partial charge in [-0.25, -0.2) is 0 Å². The van der Waals surface area contributed by atoms with Gasteiger partial charge in [-0.15, -0.1) is 0 Å². The molecule has 0 aliphatic carbocycles. The van der Waals surface area contributed by atoms with Gasteiger partial charge in [0.1, 0.15) is 11.6 Å². The Morgan fingerprint density at radius 1 is 1.42 bits per heavy atom. The van der Waals surface area contributed by atoms with Crippen molar-refractivity contribution in [3.63, 3.8) is 0 Å². The van der Waals surface area contributed by atoms with Crippen LogP contribution in [0.2, 0.25) is 0 Å². The lowest BCUT2D eigenvalue weighted by atomic mass is 10.0. The molecule has 1 aromatic carbocycles. The fraction of sp³-hybridized carbons (Fsp3) is 0.389. The van der Waals surface area contributed by atoms with Crippen LogP contribution in [0.4, 0.5) is 0 Å². The number of hydrogen-bond donors (Lipinski definition) is 2. The van der Waals surface area contributed by atoms with Crippen molar-refractivity contribution in [3.8, 4) is 6.07 Å². The molecule has 24 heavy (non-hydrogen) atoms. The summed E-state index contributed by atoms with van der Waals surface area (Å²) in [5.74, 6) is -0.510. The molecule has 6 heteroatoms. The summed E-state index contributed by atoms with van der Waals surface area (Å²) in [6, 6.07) is 9.54. The molecular weight excluding hydrogens is 304 g/mol. The summed E-state index contributed by atoms with van der Waals surface area (Å²) in [4.78, 5) is 24.5. The van der Waals surface area contributed by atoms with Gasteiger partial charge >= 0.3 is 0 Å². The third-order valence-electron chi connectivity index (χ3n) is 3.65. The number of nitrogens with zero attached hydrogens (tertiary/aromatic N) is 2. The first-order chi connectivity index (χ1) is 11.5. The van der Waals surface area contributed by atoms with Crippen LogP contribution in [0, 0.1) is 11.3 Å². The Hall–Kier alpha value is -2.65. The van der Waals surface area contributed by atoms with Crippen molar-refractivity contribution in [2.45, 2.75) is 32.7 Å². The monoisotopic (exact) mass is 328 g/mol. The van der Waals surface area contributed by atoms with Crippen molar-refractivity contribution < 1.29 is 9.59 Å². The number of carbonyl (C=O) groups is 2. The first kappa shape index (κ1) is 19.4. The molecule has 0 aromatic heterocycles. The van der Waals surface area contributed by atoms with Gasteiger partial charge in [-0.3, -0.25) is 9.59 Å². The van der Waals surface area contributed by atoms with Crippen LogP contribution in [0.25, 0.3) is 0 Å². The molecule has 0 heterocycles. The van der Waals surface area contributed by atoms with E-state index in [2.05, 4.69) is 12.2 Å². The van der Waals surface area contributed by atoms with E-state index in [0.29, 0.717) is 25.9 Å². The SMILES string of the molecule is CCc1ccc(C(C)NC(=O)/C(C#N)=C\N(C=O)CCCN)cc1. The van der Waals surface area contributed by atoms with E-state index in [-0.39, 0.29) is 11.6 Å². The minimum Gasteiger partial charge on any atom is -0.345 e. The van der Waals surface area contributed by atoms with E-state index in [1.165, 1.54) is 16.7 Å². The lowest BCUT2D eigenvalue weighted by Gasteiger charge is -2.16. The summed E-state index contributed by atoms with van der Waals surface area (Å²) in [6.07, 6.45) is 3.38. The molecule has 1 unspecified atom stereocenters. The van der Waals surface area contributed by atoms with Gasteiger partial charge < -0.3 is 16.0 Å². The molecule has 0 aliphatic rings. The van der Waals surface area contributed by atoms with Gasteiger partial charge in [0.05, 0.1) is 6.04 Å². The second kappa shape index (κ2) is 10.2. The molecule has 1 aromatic rings. The molecule has 2 amide bonds. The van der Waals surface area contributed by atoms with Gasteiger partial charge in [-0.05, 0) is 37.4 Å². The predicted molar refractivity (Wildman–Crippen MR) is 92.5 cm³/mol. The second-order valence-corrected chi connectivity index (χ2v) is 5.43. The molecule has 1 rings (SSSR count). The van der Waals surface area contributed by atoms with Gasteiger partial charge in [-0.2, -0.15) is 5.26 Å². The second-order valence-electron chi connectivity index (χ2n) is 5.43. The number of nitrogens with two attached hydrogens (primary N) is 1. The van der Waals surface area contributed by atoms with Crippen LogP contribution >= 0.6 is 0 Å². The normalized spacial score (nSPS) is 12.2. The summed E-state index contributed by atoms with van der Waals surface area (Å²) < 4.78 is 0. The fourth-order valence-electron chi connectivity index (χ4n) is 2.13. The topological polar surface area (TPSA) is 99.2 Å². The number of nitriles is 1. The Balaban J connectivity index is 2.78. The van der Waals surface area contributed by atoms with E-state index in [9.17, 15) is 14.9 Å². The Kier molecular flexibility index (Phi) is 8.23. The molecule has 0 saturated carbocycles. The minimum absolute atomic E-state index is 0.115. The summed E-state index contributed by atoms with van der Waals surface area (Å²) in [6.45, 7) is 4.72. The molecular formula is C18H24N4O2. The van der Waals surface area contributed by atoms with Crippen molar-refractivity contribution in [1.82, 2.24) is 10.2 Å². The van der Waals surface area contributed by atoms with Gasteiger partial charge in [-0.1, -0.05) is 31.2 Å². The van der Waals surface area contributed by atoms with Gasteiger partial charge in [0.25, 0.3) is 5.91 Å². The zero-order valence-corrected chi connectivity index (χ0v) is 14.2. The van der Waals surface area contributed by atoms with Crippen LogP contribution in [0.15, 0.2) is 36.0 Å². The highest BCUT2D eigenvalue weighted by atomic mass is 16.2. The number of amides is 2. The maximum atomic E-state index is 12.2. The number of carbonyl (C=O) groups excluding carboxylic acids is 2. The Morgan fingerprint density at radius 3 is 2.58 bits per heavy atom. The van der Waals surface area contributed by atoms with E-state index in [1.54, 1.807) is 0 Å². The van der Waals surface area contributed by atoms with Crippen LogP contribution in [-0.4, -0.2) is 30.3 Å². The predicted octanol–water partition coefficient (Wildman–Crippen LogP) is 1.64. The molecule has 0 aliphatic heterocycles. The lowest BCUT2D eigenvalue weighted by Crippen LogP contribution is -2.29. The number of hydrogen-bond acceptors (Lipinski definition) is 4. The first-order valence-corrected chi connectivity index (χ1v) is 7.98. The third kappa shape index (κ3) is 5.86. The molecule has 0 radical (unpaired) electrons. The summed E-state index contributed by atoms with van der Waals surface area (Å²) >= 11 is 0. The van der Waals surface area contributed by atoms with Crippen LogP contribution in [0.5, 0.6) is 0 Å². The van der Waals surface area contributed by atoms with Gasteiger partial charge in [0, 0.05) is 12.7 Å². The Labute approximate surface area is 142 Å². The fourth-order valence-corrected chi connectivity index (χ4v) is 2.13. The van der Waals surface area contributed by atoms with Gasteiger partial charge in [0.15, 0.2) is 0 Å². The van der Waals surface area contributed by atoms with Crippen LogP contribution in [0.3, 0.4) is 0 Å². The van der Waals surface area contributed by atoms with E-state index < -0.39 is 5.91 Å². The van der Waals surface area contributed by atoms with Crippen molar-refractivity contribution in [3.05, 3.63) is 47.2 Å². The first-order valence-electron chi connectivity index (χ1n) is 7.98. The average Bonchev–Trinajstić information content (AvgIpc) is 2.61. The number of benzene rings is 1. The third-order valence-corrected chi connectivity index (χ3v) is 3.65. The van der Waals surface area contributed by atoms with Crippen LogP contribution in [-0.2, 0) is 16.0 Å². The lowest BCUT2D eigenvalue weighted by molar-refractivity contribution is -0.117. The maximum absolute atomic E-state index is 12.2. The zero-order chi connectivity index (χ0) is 17.9. The number of rotatable bonds is 9. The number of aryl methyl sites for hydroxylation is 1. The maximum Gasteiger partial charge on any atom is 0.263 e. The zero-order valence-electron chi connectivity index (χ0n) is 14.2. The van der Waals surface area contributed by atoms with E-state index in [1.807, 2.05) is 37.3 Å². The quantitative estimate of drug-likeness (QED) is 0.409. The van der Waals surface area contributed by atoms with E-state index in [0.717, 1.165) is 12.0 Å². The van der Waals surface area contributed by atoms with Crippen molar-refractivity contribution in [1.29, 1.82) is 5.26 Å². The van der Waals surface area contributed by atoms with E-state index >= 15 is 0 Å². The highest BCUT2D eigenvalue weighted by Gasteiger charge is 2.15. The highest BCUT2D eigenvalue weighted by Crippen LogP contribution is 2.14. The molecule has 128 valence electrons. The largest absolute Gasteiger partial charge is 0.345 e. The molecule has 0 spiro atoms. The Bertz CT molecular complexity index is 617. The summed E-state index contributed by atoms with van der Waals surface area (Å²) in [5, 5.41) is 11.9. The molecule has 0 bridgehead atoms. The molecule has 1 atom stereocenters. The molecule has 0 fully saturated rings. The molecule has 0 saturated heterocycles. The Morgan fingerprint density at radius 2 is 2.08 bits per heavy atom. The number of nitrogens with one attached hydrogen (secondary N) is 1. The van der Waals surface area contributed by atoms with Crippen molar-refractivity contribution in [2.75, 3.05) is 13.1 Å². The highest BCUT2D eigenvalue weighted by molar-refractivity contribution is 5.97. The molecule has 6 nitrogen and oxygen atoms in total. The van der Waals surface area contributed by atoms with Gasteiger partial charge in [0.2, 0.25) is 6.41 Å². The average molecular weight is 328 g/mol. The van der Waals surface area contributed by atoms with Crippen molar-refractivity contribution in [2.24, 2.45) is 5.73 Å². The van der Waals surface area contributed by atoms with Crippen molar-refractivity contribution >= 4 is 12.3 Å². The van der Waals surface area contributed by atoms with Crippen LogP contribution in [0.1, 0.15) is 37.4 Å². The summed E-state index contributed by atoms with van der Waals surface area (Å²) in [5.41, 5.74) is 7.45. The minimum atomic E-state index is -0.510.